The first-order chi connectivity index (χ1) is 15.1. The second-order valence-corrected chi connectivity index (χ2v) is 9.97. The molecule has 0 saturated carbocycles. The van der Waals surface area contributed by atoms with Gasteiger partial charge in [-0.1, -0.05) is 24.3 Å². The molecule has 3 aromatic rings. The summed E-state index contributed by atoms with van der Waals surface area (Å²) < 4.78 is 8.15. The van der Waals surface area contributed by atoms with E-state index < -0.39 is 0 Å². The molecule has 5 nitrogen and oxygen atoms in total. The lowest BCUT2D eigenvalue weighted by atomic mass is 10.1. The summed E-state index contributed by atoms with van der Waals surface area (Å²) in [5.41, 5.74) is 8.25. The molecular formula is C24H25N3O2S2. The Morgan fingerprint density at radius 2 is 1.90 bits per heavy atom. The van der Waals surface area contributed by atoms with E-state index in [9.17, 15) is 4.79 Å². The molecule has 31 heavy (non-hydrogen) atoms. The van der Waals surface area contributed by atoms with Gasteiger partial charge in [-0.25, -0.2) is 5.43 Å². The van der Waals surface area contributed by atoms with Crippen molar-refractivity contribution < 1.29 is 9.53 Å². The minimum atomic E-state index is -0.299. The lowest BCUT2D eigenvalue weighted by molar-refractivity contribution is -0.123. The van der Waals surface area contributed by atoms with Crippen LogP contribution in [0.3, 0.4) is 0 Å². The summed E-state index contributed by atoms with van der Waals surface area (Å²) in [4.78, 5) is 12.1. The summed E-state index contributed by atoms with van der Waals surface area (Å²) in [6.07, 6.45) is 3.63. The highest BCUT2D eigenvalue weighted by Gasteiger charge is 2.18. The zero-order valence-corrected chi connectivity index (χ0v) is 19.2. The smallest absolute Gasteiger partial charge is 0.277 e. The second kappa shape index (κ2) is 10.1. The van der Waals surface area contributed by atoms with E-state index in [1.54, 1.807) is 6.21 Å². The summed E-state index contributed by atoms with van der Waals surface area (Å²) in [5, 5.41) is 4.10. The van der Waals surface area contributed by atoms with Crippen LogP contribution in [-0.2, 0) is 4.79 Å². The van der Waals surface area contributed by atoms with Gasteiger partial charge in [0.15, 0.2) is 6.61 Å². The maximum Gasteiger partial charge on any atom is 0.277 e. The van der Waals surface area contributed by atoms with Crippen LogP contribution >= 0.6 is 23.5 Å². The molecule has 1 fully saturated rings. The molecule has 1 saturated heterocycles. The largest absolute Gasteiger partial charge is 0.484 e. The number of thioether (sulfide) groups is 2. The molecule has 0 bridgehead atoms. The molecule has 2 aromatic carbocycles. The number of hydrazone groups is 1. The van der Waals surface area contributed by atoms with Crippen LogP contribution in [0.4, 0.5) is 0 Å². The van der Waals surface area contributed by atoms with Crippen molar-refractivity contribution in [3.05, 3.63) is 83.2 Å². The standard InChI is InChI=1S/C24H25N3O2S2/c1-17-5-3-7-22(18(17)2)27-12-4-6-20(27)15-25-26-23(28)16-29-21-10-8-19(9-11-21)24-30-13-14-31-24/h3-12,15,24H,13-14,16H2,1-2H3,(H,26,28)/b25-15-. The lowest BCUT2D eigenvalue weighted by Crippen LogP contribution is -2.24. The molecule has 0 atom stereocenters. The van der Waals surface area contributed by atoms with Gasteiger partial charge in [0.25, 0.3) is 5.91 Å². The average molecular weight is 452 g/mol. The van der Waals surface area contributed by atoms with Crippen LogP contribution in [0.5, 0.6) is 5.75 Å². The molecule has 0 aliphatic carbocycles. The van der Waals surface area contributed by atoms with Crippen molar-refractivity contribution in [2.75, 3.05) is 18.1 Å². The number of hydrogen-bond acceptors (Lipinski definition) is 5. The van der Waals surface area contributed by atoms with Crippen molar-refractivity contribution in [2.24, 2.45) is 5.10 Å². The molecule has 1 aliphatic heterocycles. The number of aromatic nitrogens is 1. The molecular weight excluding hydrogens is 426 g/mol. The molecule has 160 valence electrons. The topological polar surface area (TPSA) is 55.6 Å². The molecule has 1 amide bonds. The van der Waals surface area contributed by atoms with E-state index >= 15 is 0 Å². The number of nitrogens with one attached hydrogen (secondary N) is 1. The minimum Gasteiger partial charge on any atom is -0.484 e. The van der Waals surface area contributed by atoms with Gasteiger partial charge < -0.3 is 9.30 Å². The van der Waals surface area contributed by atoms with Gasteiger partial charge in [0.1, 0.15) is 5.75 Å². The van der Waals surface area contributed by atoms with Gasteiger partial charge in [-0.3, -0.25) is 4.79 Å². The van der Waals surface area contributed by atoms with Crippen LogP contribution in [0.2, 0.25) is 0 Å². The first-order valence-electron chi connectivity index (χ1n) is 10.1. The Kier molecular flexibility index (Phi) is 7.04. The molecule has 1 aliphatic rings. The number of rotatable bonds is 7. The monoisotopic (exact) mass is 451 g/mol. The summed E-state index contributed by atoms with van der Waals surface area (Å²) in [5.74, 6) is 2.78. The third-order valence-electron chi connectivity index (χ3n) is 5.15. The van der Waals surface area contributed by atoms with E-state index in [1.807, 2.05) is 60.1 Å². The molecule has 0 unspecified atom stereocenters. The fraction of sp³-hybridized carbons (Fsp3) is 0.250. The van der Waals surface area contributed by atoms with E-state index in [0.29, 0.717) is 10.3 Å². The molecule has 1 N–H and O–H groups in total. The number of amides is 1. The quantitative estimate of drug-likeness (QED) is 0.401. The summed E-state index contributed by atoms with van der Waals surface area (Å²) in [6, 6.07) is 18.1. The number of benzene rings is 2. The van der Waals surface area contributed by atoms with Gasteiger partial charge in [-0.2, -0.15) is 5.10 Å². The highest BCUT2D eigenvalue weighted by atomic mass is 32.2. The Morgan fingerprint density at radius 1 is 1.13 bits per heavy atom. The van der Waals surface area contributed by atoms with Crippen molar-refractivity contribution in [3.63, 3.8) is 0 Å². The SMILES string of the molecule is Cc1cccc(-n2cccc2/C=N\NC(=O)COc2ccc(C3SCCS3)cc2)c1C. The van der Waals surface area contributed by atoms with Crippen LogP contribution in [-0.4, -0.2) is 34.8 Å². The maximum absolute atomic E-state index is 12.1. The van der Waals surface area contributed by atoms with Crippen LogP contribution < -0.4 is 10.2 Å². The maximum atomic E-state index is 12.1. The summed E-state index contributed by atoms with van der Waals surface area (Å²) in [7, 11) is 0. The number of hydrogen-bond donors (Lipinski definition) is 1. The zero-order chi connectivity index (χ0) is 21.6. The predicted octanol–water partition coefficient (Wildman–Crippen LogP) is 5.10. The Morgan fingerprint density at radius 3 is 2.68 bits per heavy atom. The van der Waals surface area contributed by atoms with Gasteiger partial charge in [0.05, 0.1) is 16.5 Å². The number of carbonyl (C=O) groups excluding carboxylic acids is 1. The normalized spacial score (nSPS) is 14.3. The van der Waals surface area contributed by atoms with Crippen LogP contribution in [0.1, 0.15) is 27.0 Å². The van der Waals surface area contributed by atoms with Gasteiger partial charge >= 0.3 is 0 Å². The fourth-order valence-electron chi connectivity index (χ4n) is 3.34. The van der Waals surface area contributed by atoms with E-state index in [0.717, 1.165) is 11.4 Å². The van der Waals surface area contributed by atoms with Crippen molar-refractivity contribution in [2.45, 2.75) is 18.4 Å². The third-order valence-corrected chi connectivity index (χ3v) is 8.25. The van der Waals surface area contributed by atoms with Gasteiger partial charge in [0, 0.05) is 23.4 Å². The van der Waals surface area contributed by atoms with Crippen molar-refractivity contribution in [1.82, 2.24) is 9.99 Å². The Balaban J connectivity index is 1.30. The Hall–Kier alpha value is -2.64. The van der Waals surface area contributed by atoms with Crippen molar-refractivity contribution >= 4 is 35.6 Å². The van der Waals surface area contributed by atoms with E-state index in [2.05, 4.69) is 53.2 Å². The fourth-order valence-corrected chi connectivity index (χ4v) is 6.20. The number of carbonyl (C=O) groups is 1. The molecule has 0 spiro atoms. The highest BCUT2D eigenvalue weighted by molar-refractivity contribution is 8.19. The molecule has 2 heterocycles. The molecule has 7 heteroatoms. The Labute approximate surface area is 191 Å². The molecule has 0 radical (unpaired) electrons. The second-order valence-electron chi connectivity index (χ2n) is 7.25. The van der Waals surface area contributed by atoms with Gasteiger partial charge in [-0.15, -0.1) is 23.5 Å². The first kappa shape index (κ1) is 21.6. The number of ether oxygens (including phenoxy) is 1. The van der Waals surface area contributed by atoms with Crippen LogP contribution in [0.25, 0.3) is 5.69 Å². The van der Waals surface area contributed by atoms with E-state index in [4.69, 9.17) is 4.74 Å². The van der Waals surface area contributed by atoms with Crippen LogP contribution in [0.15, 0.2) is 65.9 Å². The van der Waals surface area contributed by atoms with Crippen LogP contribution in [0, 0.1) is 13.8 Å². The predicted molar refractivity (Wildman–Crippen MR) is 131 cm³/mol. The minimum absolute atomic E-state index is 0.0817. The Bertz CT molecular complexity index is 1070. The zero-order valence-electron chi connectivity index (χ0n) is 17.6. The first-order valence-corrected chi connectivity index (χ1v) is 12.2. The van der Waals surface area contributed by atoms with Crippen molar-refractivity contribution in [3.8, 4) is 11.4 Å². The summed E-state index contributed by atoms with van der Waals surface area (Å²) in [6.45, 7) is 4.11. The molecule has 1 aromatic heterocycles. The van der Waals surface area contributed by atoms with E-state index in [1.165, 1.54) is 28.2 Å². The number of nitrogens with zero attached hydrogens (tertiary/aromatic N) is 2. The number of aryl methyl sites for hydroxylation is 1. The van der Waals surface area contributed by atoms with Gasteiger partial charge in [0.2, 0.25) is 0 Å². The summed E-state index contributed by atoms with van der Waals surface area (Å²) >= 11 is 3.94. The molecule has 4 rings (SSSR count). The van der Waals surface area contributed by atoms with E-state index in [-0.39, 0.29) is 12.5 Å². The van der Waals surface area contributed by atoms with Crippen molar-refractivity contribution in [1.29, 1.82) is 0 Å². The van der Waals surface area contributed by atoms with Gasteiger partial charge in [-0.05, 0) is 60.9 Å². The average Bonchev–Trinajstić information content (AvgIpc) is 3.47. The highest BCUT2D eigenvalue weighted by Crippen LogP contribution is 2.45. The lowest BCUT2D eigenvalue weighted by Gasteiger charge is -2.12. The third kappa shape index (κ3) is 5.35.